The number of rotatable bonds is 21. The van der Waals surface area contributed by atoms with Gasteiger partial charge in [-0.25, -0.2) is 0 Å². The predicted octanol–water partition coefficient (Wildman–Crippen LogP) is 7.84. The molecule has 1 heterocycles. The van der Waals surface area contributed by atoms with E-state index in [0.29, 0.717) is 13.1 Å². The van der Waals surface area contributed by atoms with Gasteiger partial charge in [-0.05, 0) is 81.3 Å². The number of pyridine rings is 1. The van der Waals surface area contributed by atoms with E-state index in [1.807, 2.05) is 58.1 Å². The third-order valence-electron chi connectivity index (χ3n) is 7.72. The largest absolute Gasteiger partial charge is 0.394 e. The molecule has 0 aliphatic rings. The van der Waals surface area contributed by atoms with Gasteiger partial charge in [-0.1, -0.05) is 75.7 Å². The van der Waals surface area contributed by atoms with Gasteiger partial charge in [-0.15, -0.1) is 0 Å². The van der Waals surface area contributed by atoms with Gasteiger partial charge in [0.25, 0.3) is 0 Å². The average molecular weight is 686 g/mol. The van der Waals surface area contributed by atoms with Crippen LogP contribution in [0.15, 0.2) is 108 Å². The van der Waals surface area contributed by atoms with E-state index in [1.165, 1.54) is 33.6 Å². The first kappa shape index (κ1) is 38.9. The van der Waals surface area contributed by atoms with E-state index in [4.69, 9.17) is 5.11 Å². The van der Waals surface area contributed by atoms with Crippen molar-refractivity contribution < 1.29 is 14.8 Å². The summed E-state index contributed by atoms with van der Waals surface area (Å²) in [5.41, 5.74) is 8.36. The van der Waals surface area contributed by atoms with Crippen LogP contribution in [0.5, 0.6) is 0 Å². The Morgan fingerprint density at radius 2 is 1.35 bits per heavy atom. The minimum atomic E-state index is 0.0779. The zero-order chi connectivity index (χ0) is 34.4. The number of hydrogen-bond donors (Lipinski definition) is 2. The van der Waals surface area contributed by atoms with Gasteiger partial charge in [0.1, 0.15) is 6.61 Å². The summed E-state index contributed by atoms with van der Waals surface area (Å²) in [6, 6.07) is 23.8. The normalized spacial score (nSPS) is 12.5. The zero-order valence-electron chi connectivity index (χ0n) is 29.0. The zero-order valence-corrected chi connectivity index (χ0v) is 30.7. The van der Waals surface area contributed by atoms with Gasteiger partial charge in [0.15, 0.2) is 12.7 Å². The second-order valence-corrected chi connectivity index (χ2v) is 13.9. The Balaban J connectivity index is 1.42. The lowest BCUT2D eigenvalue weighted by atomic mass is 10.1. The molecule has 8 heteroatoms. The lowest BCUT2D eigenvalue weighted by molar-refractivity contribution is -0.700. The van der Waals surface area contributed by atoms with Gasteiger partial charge >= 0.3 is 0 Å². The minimum Gasteiger partial charge on any atom is -0.394 e. The Labute approximate surface area is 296 Å². The maximum Gasteiger partial charge on any atom is 0.208 e. The monoisotopic (exact) mass is 685 g/mol. The molecule has 0 unspecified atom stereocenters. The Bertz CT molecular complexity index is 1500. The summed E-state index contributed by atoms with van der Waals surface area (Å²) in [4.78, 5) is 8.93. The van der Waals surface area contributed by atoms with Crippen molar-refractivity contribution in [2.45, 2.75) is 34.2 Å². The Kier molecular flexibility index (Phi) is 18.6. The molecule has 2 N–H and O–H groups in total. The first-order valence-corrected chi connectivity index (χ1v) is 19.3. The summed E-state index contributed by atoms with van der Waals surface area (Å²) in [6.07, 6.45) is 16.0. The van der Waals surface area contributed by atoms with E-state index in [9.17, 15) is 5.11 Å². The van der Waals surface area contributed by atoms with E-state index < -0.39 is 0 Å². The highest BCUT2D eigenvalue weighted by molar-refractivity contribution is 8.76. The number of anilines is 2. The summed E-state index contributed by atoms with van der Waals surface area (Å²) in [6.45, 7) is 13.9. The highest BCUT2D eigenvalue weighted by Gasteiger charge is 2.11. The van der Waals surface area contributed by atoms with Gasteiger partial charge in [-0.2, -0.15) is 4.57 Å². The van der Waals surface area contributed by atoms with Crippen molar-refractivity contribution >= 4 is 56.9 Å². The van der Waals surface area contributed by atoms with Gasteiger partial charge in [0, 0.05) is 73.0 Å². The Morgan fingerprint density at radius 1 is 0.750 bits per heavy atom. The van der Waals surface area contributed by atoms with E-state index in [2.05, 4.69) is 120 Å². The summed E-state index contributed by atoms with van der Waals surface area (Å²) >= 11 is 0. The van der Waals surface area contributed by atoms with Crippen molar-refractivity contribution in [3.05, 3.63) is 120 Å². The third kappa shape index (κ3) is 13.9. The van der Waals surface area contributed by atoms with Crippen LogP contribution >= 0.6 is 21.6 Å². The van der Waals surface area contributed by atoms with Gasteiger partial charge < -0.3 is 20.0 Å². The van der Waals surface area contributed by atoms with Crippen LogP contribution in [0, 0.1) is 0 Å². The number of aliphatic imine (C=N–C) groups is 1. The smallest absolute Gasteiger partial charge is 0.208 e. The number of nitrogens with zero attached hydrogens (tertiary/aromatic N) is 4. The molecule has 0 aliphatic heterocycles. The number of allylic oxidation sites excluding steroid dienone is 6. The number of hydrogen-bond acceptors (Lipinski definition) is 7. The number of aromatic nitrogens is 1. The van der Waals surface area contributed by atoms with Gasteiger partial charge in [0.2, 0.25) is 5.69 Å². The Morgan fingerprint density at radius 3 is 1.92 bits per heavy atom. The molecule has 3 rings (SSSR count). The van der Waals surface area contributed by atoms with Gasteiger partial charge in [-0.3, -0.25) is 4.99 Å². The third-order valence-corrected chi connectivity index (χ3v) is 10.1. The first-order chi connectivity index (χ1) is 23.5. The second kappa shape index (κ2) is 22.9. The van der Waals surface area contributed by atoms with Crippen molar-refractivity contribution in [1.29, 1.82) is 0 Å². The lowest BCUT2D eigenvalue weighted by Crippen LogP contribution is -2.38. The van der Waals surface area contributed by atoms with Crippen LogP contribution in [-0.4, -0.2) is 73.9 Å². The molecule has 256 valence electrons. The summed E-state index contributed by atoms with van der Waals surface area (Å²) < 4.78 is 2.09. The fourth-order valence-corrected chi connectivity index (χ4v) is 7.18. The van der Waals surface area contributed by atoms with E-state index in [0.717, 1.165) is 43.4 Å². The van der Waals surface area contributed by atoms with Crippen LogP contribution in [-0.2, 0) is 6.54 Å². The lowest BCUT2D eigenvalue weighted by Gasteiger charge is -2.24. The summed E-state index contributed by atoms with van der Waals surface area (Å²) in [5.74, 6) is 2.15. The topological polar surface area (TPSA) is 63.2 Å². The quantitative estimate of drug-likeness (QED) is 0.0392. The second-order valence-electron chi connectivity index (χ2n) is 11.2. The Hall–Kier alpha value is -3.56. The van der Waals surface area contributed by atoms with Crippen molar-refractivity contribution in [3.8, 4) is 0 Å². The van der Waals surface area contributed by atoms with E-state index >= 15 is 0 Å². The van der Waals surface area contributed by atoms with Gasteiger partial charge in [0.05, 0.1) is 13.2 Å². The fraction of sp³-hybridized carbons (Fsp3) is 0.350. The van der Waals surface area contributed by atoms with Crippen LogP contribution in [0.2, 0.25) is 0 Å². The maximum absolute atomic E-state index is 9.41. The minimum absolute atomic E-state index is 0.0779. The SMILES string of the molecule is CCN(CCSSCCN(CC)c1ccc(/C=C(\C)c2cccc[n+]2CCO)cc1)c1ccc(/C=C(C)/C=C/C=C\C=N\CCO)cc1. The molecule has 0 bridgehead atoms. The maximum atomic E-state index is 9.41. The molecule has 2 aromatic carbocycles. The molecule has 48 heavy (non-hydrogen) atoms. The average Bonchev–Trinajstić information content (AvgIpc) is 3.10. The molecular formula is C40H53N4O2S2+. The molecule has 0 spiro atoms. The summed E-state index contributed by atoms with van der Waals surface area (Å²) in [5, 5.41) is 18.2. The molecule has 0 amide bonds. The molecule has 0 saturated carbocycles. The molecule has 0 fully saturated rings. The van der Waals surface area contributed by atoms with Crippen LogP contribution < -0.4 is 14.4 Å². The fourth-order valence-electron chi connectivity index (χ4n) is 5.20. The van der Waals surface area contributed by atoms with Crippen LogP contribution in [0.25, 0.3) is 17.7 Å². The molecule has 0 aliphatic carbocycles. The number of benzene rings is 2. The molecule has 6 nitrogen and oxygen atoms in total. The van der Waals surface area contributed by atoms with Crippen molar-refractivity contribution in [2.75, 3.05) is 67.2 Å². The standard InChI is InChI=1S/C40H53N4O2S2/c1-5-42(38-18-14-36(15-19-38)32-34(3)12-8-7-10-22-41-23-28-45)26-30-47-48-31-27-43(6-2)39-20-16-37(17-21-39)33-35(4)40-13-9-11-24-44(40)25-29-46/h7-22,24,32-33,45-46H,5-6,23,25-31H2,1-4H3/q+1/b10-7-,12-8+,34-32+,41-22+. The summed E-state index contributed by atoms with van der Waals surface area (Å²) in [7, 11) is 3.92. The number of aliphatic hydroxyl groups is 2. The van der Waals surface area contributed by atoms with E-state index in [-0.39, 0.29) is 13.2 Å². The highest BCUT2D eigenvalue weighted by Crippen LogP contribution is 2.25. The molecule has 3 aromatic rings. The van der Waals surface area contributed by atoms with Crippen molar-refractivity contribution in [3.63, 3.8) is 0 Å². The first-order valence-electron chi connectivity index (χ1n) is 16.8. The molecule has 0 radical (unpaired) electrons. The van der Waals surface area contributed by atoms with Crippen molar-refractivity contribution in [2.24, 2.45) is 4.99 Å². The molecule has 0 saturated heterocycles. The van der Waals surface area contributed by atoms with Crippen LogP contribution in [0.1, 0.15) is 44.5 Å². The predicted molar refractivity (Wildman–Crippen MR) is 213 cm³/mol. The van der Waals surface area contributed by atoms with Crippen LogP contribution in [0.4, 0.5) is 11.4 Å². The van der Waals surface area contributed by atoms with Crippen molar-refractivity contribution in [1.82, 2.24) is 0 Å². The molecular weight excluding hydrogens is 633 g/mol. The molecule has 0 atom stereocenters. The van der Waals surface area contributed by atoms with Crippen LogP contribution in [0.3, 0.4) is 0 Å². The number of aliphatic hydroxyl groups excluding tert-OH is 2. The molecule has 1 aromatic heterocycles. The van der Waals surface area contributed by atoms with E-state index in [1.54, 1.807) is 6.21 Å². The highest BCUT2D eigenvalue weighted by atomic mass is 33.1.